The van der Waals surface area contributed by atoms with Crippen LogP contribution in [0, 0.1) is 0 Å². The number of hydrogen-bond acceptors (Lipinski definition) is 6. The monoisotopic (exact) mass is 394 g/mol. The zero-order valence-corrected chi connectivity index (χ0v) is 16.9. The van der Waals surface area contributed by atoms with Crippen LogP contribution in [-0.4, -0.2) is 41.9 Å². The van der Waals surface area contributed by atoms with Gasteiger partial charge in [-0.05, 0) is 30.7 Å². The van der Waals surface area contributed by atoms with Crippen molar-refractivity contribution in [3.05, 3.63) is 35.7 Å². The Morgan fingerprint density at radius 1 is 1.19 bits per heavy atom. The fraction of sp³-hybridized carbons (Fsp3) is 0.500. The molecule has 2 rings (SSSR count). The van der Waals surface area contributed by atoms with Crippen LogP contribution in [0.3, 0.4) is 0 Å². The number of rotatable bonds is 9. The van der Waals surface area contributed by atoms with Crippen molar-refractivity contribution in [1.29, 1.82) is 0 Å². The number of nitrogens with one attached hydrogen (secondary N) is 1. The standard InChI is InChI=1S/C18H26N4O4S/c1-5-7-12-22(6-2)27(24,25)15-10-8-14(9-11-15)16(23)19-18-21-20-17(26-18)13(3)4/h8-11,13H,5-7,12H2,1-4H3,(H,19,21,23). The van der Waals surface area contributed by atoms with E-state index < -0.39 is 15.9 Å². The van der Waals surface area contributed by atoms with Gasteiger partial charge in [-0.15, -0.1) is 5.10 Å². The van der Waals surface area contributed by atoms with Gasteiger partial charge in [0.15, 0.2) is 0 Å². The quantitative estimate of drug-likeness (QED) is 0.700. The summed E-state index contributed by atoms with van der Waals surface area (Å²) in [6, 6.07) is 5.82. The maximum atomic E-state index is 12.7. The van der Waals surface area contributed by atoms with Crippen LogP contribution in [0.2, 0.25) is 0 Å². The minimum absolute atomic E-state index is 0.0112. The van der Waals surface area contributed by atoms with Crippen LogP contribution in [0.15, 0.2) is 33.6 Å². The molecule has 0 aliphatic carbocycles. The fourth-order valence-corrected chi connectivity index (χ4v) is 3.89. The minimum atomic E-state index is -3.57. The second-order valence-electron chi connectivity index (χ2n) is 6.43. The van der Waals surface area contributed by atoms with Crippen LogP contribution in [-0.2, 0) is 10.0 Å². The van der Waals surface area contributed by atoms with Crippen LogP contribution in [0.5, 0.6) is 0 Å². The zero-order valence-electron chi connectivity index (χ0n) is 16.1. The molecule has 27 heavy (non-hydrogen) atoms. The Balaban J connectivity index is 2.12. The van der Waals surface area contributed by atoms with Crippen LogP contribution in [0.4, 0.5) is 6.01 Å². The van der Waals surface area contributed by atoms with Crippen LogP contribution >= 0.6 is 0 Å². The normalized spacial score (nSPS) is 11.9. The molecule has 0 aliphatic rings. The van der Waals surface area contributed by atoms with Gasteiger partial charge in [0.05, 0.1) is 4.90 Å². The smallest absolute Gasteiger partial charge is 0.322 e. The average Bonchev–Trinajstić information content (AvgIpc) is 3.11. The molecule has 148 valence electrons. The number of unbranched alkanes of at least 4 members (excludes halogenated alkanes) is 1. The highest BCUT2D eigenvalue weighted by Gasteiger charge is 2.23. The summed E-state index contributed by atoms with van der Waals surface area (Å²) in [6.07, 6.45) is 1.72. The lowest BCUT2D eigenvalue weighted by Gasteiger charge is -2.20. The Morgan fingerprint density at radius 3 is 2.37 bits per heavy atom. The summed E-state index contributed by atoms with van der Waals surface area (Å²) in [5.74, 6) is 0.0385. The summed E-state index contributed by atoms with van der Waals surface area (Å²) in [5.41, 5.74) is 0.301. The predicted molar refractivity (Wildman–Crippen MR) is 102 cm³/mol. The van der Waals surface area contributed by atoms with Gasteiger partial charge in [-0.3, -0.25) is 10.1 Å². The second-order valence-corrected chi connectivity index (χ2v) is 8.37. The van der Waals surface area contributed by atoms with Gasteiger partial charge in [-0.2, -0.15) is 4.31 Å². The van der Waals surface area contributed by atoms with Gasteiger partial charge in [-0.1, -0.05) is 39.2 Å². The van der Waals surface area contributed by atoms with Gasteiger partial charge >= 0.3 is 6.01 Å². The van der Waals surface area contributed by atoms with Crippen LogP contribution in [0.1, 0.15) is 62.7 Å². The van der Waals surface area contributed by atoms with E-state index in [1.807, 2.05) is 27.7 Å². The number of carbonyl (C=O) groups is 1. The maximum Gasteiger partial charge on any atom is 0.322 e. The summed E-state index contributed by atoms with van der Waals surface area (Å²) < 4.78 is 32.2. The highest BCUT2D eigenvalue weighted by atomic mass is 32.2. The lowest BCUT2D eigenvalue weighted by Crippen LogP contribution is -2.31. The second kappa shape index (κ2) is 9.09. The topological polar surface area (TPSA) is 105 Å². The van der Waals surface area contributed by atoms with E-state index in [2.05, 4.69) is 15.5 Å². The van der Waals surface area contributed by atoms with E-state index in [1.165, 1.54) is 28.6 Å². The van der Waals surface area contributed by atoms with E-state index in [0.717, 1.165) is 12.8 Å². The van der Waals surface area contributed by atoms with Gasteiger partial charge < -0.3 is 4.42 Å². The highest BCUT2D eigenvalue weighted by Crippen LogP contribution is 2.19. The number of nitrogens with zero attached hydrogens (tertiary/aromatic N) is 3. The molecule has 1 heterocycles. The number of benzene rings is 1. The molecule has 1 amide bonds. The van der Waals surface area contributed by atoms with Crippen molar-refractivity contribution in [2.45, 2.75) is 51.3 Å². The molecule has 0 bridgehead atoms. The van der Waals surface area contributed by atoms with Gasteiger partial charge in [0, 0.05) is 24.6 Å². The molecule has 1 N–H and O–H groups in total. The molecule has 9 heteroatoms. The van der Waals surface area contributed by atoms with E-state index in [-0.39, 0.29) is 16.8 Å². The molecule has 1 aromatic heterocycles. The number of sulfonamides is 1. The average molecular weight is 394 g/mol. The van der Waals surface area contributed by atoms with Crippen molar-refractivity contribution in [2.24, 2.45) is 0 Å². The SMILES string of the molecule is CCCCN(CC)S(=O)(=O)c1ccc(C(=O)Nc2nnc(C(C)C)o2)cc1. The van der Waals surface area contributed by atoms with Gasteiger partial charge in [0.25, 0.3) is 5.91 Å². The largest absolute Gasteiger partial charge is 0.408 e. The van der Waals surface area contributed by atoms with E-state index in [1.54, 1.807) is 0 Å². The van der Waals surface area contributed by atoms with Crippen molar-refractivity contribution < 1.29 is 17.6 Å². The first kappa shape index (κ1) is 21.0. The number of hydrogen-bond donors (Lipinski definition) is 1. The third-order valence-electron chi connectivity index (χ3n) is 4.02. The Morgan fingerprint density at radius 2 is 1.85 bits per heavy atom. The Kier molecular flexibility index (Phi) is 7.09. The molecule has 0 aliphatic heterocycles. The lowest BCUT2D eigenvalue weighted by atomic mass is 10.2. The molecule has 0 atom stereocenters. The third-order valence-corrected chi connectivity index (χ3v) is 6.01. The highest BCUT2D eigenvalue weighted by molar-refractivity contribution is 7.89. The van der Waals surface area contributed by atoms with Gasteiger partial charge in [-0.25, -0.2) is 8.42 Å². The number of amides is 1. The Bertz CT molecular complexity index is 860. The van der Waals surface area contributed by atoms with Crippen molar-refractivity contribution in [3.8, 4) is 0 Å². The van der Waals surface area contributed by atoms with E-state index >= 15 is 0 Å². The summed E-state index contributed by atoms with van der Waals surface area (Å²) in [7, 11) is -3.57. The molecule has 0 spiro atoms. The summed E-state index contributed by atoms with van der Waals surface area (Å²) >= 11 is 0. The summed E-state index contributed by atoms with van der Waals surface area (Å²) in [4.78, 5) is 12.5. The Labute approximate surface area is 160 Å². The van der Waals surface area contributed by atoms with E-state index in [0.29, 0.717) is 24.5 Å². The molecule has 0 fully saturated rings. The molecule has 0 radical (unpaired) electrons. The molecule has 1 aromatic carbocycles. The van der Waals surface area contributed by atoms with Crippen molar-refractivity contribution in [3.63, 3.8) is 0 Å². The maximum absolute atomic E-state index is 12.7. The van der Waals surface area contributed by atoms with Gasteiger partial charge in [0.1, 0.15) is 0 Å². The zero-order chi connectivity index (χ0) is 20.0. The molecule has 0 unspecified atom stereocenters. The first-order valence-corrected chi connectivity index (χ1v) is 10.5. The minimum Gasteiger partial charge on any atom is -0.408 e. The fourth-order valence-electron chi connectivity index (χ4n) is 2.40. The summed E-state index contributed by atoms with van der Waals surface area (Å²) in [5, 5.41) is 10.1. The summed E-state index contributed by atoms with van der Waals surface area (Å²) in [6.45, 7) is 8.51. The molecular formula is C18H26N4O4S. The first-order chi connectivity index (χ1) is 12.8. The van der Waals surface area contributed by atoms with Crippen molar-refractivity contribution in [1.82, 2.24) is 14.5 Å². The van der Waals surface area contributed by atoms with Crippen molar-refractivity contribution in [2.75, 3.05) is 18.4 Å². The predicted octanol–water partition coefficient (Wildman–Crippen LogP) is 3.26. The van der Waals surface area contributed by atoms with E-state index in [4.69, 9.17) is 4.42 Å². The Hall–Kier alpha value is -2.26. The van der Waals surface area contributed by atoms with Crippen LogP contribution < -0.4 is 5.32 Å². The first-order valence-electron chi connectivity index (χ1n) is 9.04. The number of carbonyl (C=O) groups excluding carboxylic acids is 1. The molecule has 8 nitrogen and oxygen atoms in total. The lowest BCUT2D eigenvalue weighted by molar-refractivity contribution is 0.102. The molecular weight excluding hydrogens is 368 g/mol. The van der Waals surface area contributed by atoms with Crippen molar-refractivity contribution >= 4 is 21.9 Å². The van der Waals surface area contributed by atoms with Crippen LogP contribution in [0.25, 0.3) is 0 Å². The van der Waals surface area contributed by atoms with Gasteiger partial charge in [0.2, 0.25) is 15.9 Å². The molecule has 0 saturated carbocycles. The van der Waals surface area contributed by atoms with E-state index in [9.17, 15) is 13.2 Å². The molecule has 2 aromatic rings. The number of aromatic nitrogens is 2. The molecule has 0 saturated heterocycles. The third kappa shape index (κ3) is 5.14. The number of anilines is 1.